The Morgan fingerprint density at radius 2 is 2.16 bits per heavy atom. The third-order valence-electron chi connectivity index (χ3n) is 3.70. The number of nitrogens with zero attached hydrogens (tertiary/aromatic N) is 1. The van der Waals surface area contributed by atoms with Gasteiger partial charge in [-0.25, -0.2) is 0 Å². The van der Waals surface area contributed by atoms with Gasteiger partial charge >= 0.3 is 0 Å². The molecule has 1 aliphatic heterocycles. The highest BCUT2D eigenvalue weighted by atomic mass is 16.9. The summed E-state index contributed by atoms with van der Waals surface area (Å²) in [5.74, 6) is 0.327. The average molecular weight is 353 g/mol. The maximum Gasteiger partial charge on any atom is 0.294 e. The fourth-order valence-corrected chi connectivity index (χ4v) is 2.37. The number of hydrogen-bond donors (Lipinski definition) is 0. The smallest absolute Gasteiger partial charge is 0.294 e. The molecule has 0 radical (unpaired) electrons. The molecule has 0 saturated carbocycles. The van der Waals surface area contributed by atoms with Gasteiger partial charge in [0.2, 0.25) is 0 Å². The van der Waals surface area contributed by atoms with Crippen LogP contribution in [0.4, 0.5) is 0 Å². The van der Waals surface area contributed by atoms with E-state index in [1.54, 1.807) is 19.1 Å². The van der Waals surface area contributed by atoms with Gasteiger partial charge < -0.3 is 19.0 Å². The fraction of sp³-hybridized carbons (Fsp3) is 0.500. The first-order chi connectivity index (χ1) is 11.9. The predicted molar refractivity (Wildman–Crippen MR) is 84.3 cm³/mol. The molecule has 1 heterocycles. The first-order valence-corrected chi connectivity index (χ1v) is 7.71. The second-order valence-corrected chi connectivity index (χ2v) is 5.47. The molecule has 0 bridgehead atoms. The number of fused-ring (bicyclic) bond motifs is 1. The van der Waals surface area contributed by atoms with E-state index in [0.29, 0.717) is 22.6 Å². The number of rotatable bonds is 9. The Bertz CT molecular complexity index is 672. The summed E-state index contributed by atoms with van der Waals surface area (Å²) in [6.45, 7) is 1.61. The minimum Gasteiger partial charge on any atom is -0.493 e. The summed E-state index contributed by atoms with van der Waals surface area (Å²) in [4.78, 5) is 38.0. The molecule has 0 saturated heterocycles. The van der Waals surface area contributed by atoms with Crippen molar-refractivity contribution in [2.24, 2.45) is 0 Å². The van der Waals surface area contributed by atoms with Crippen molar-refractivity contribution in [2.75, 3.05) is 20.3 Å². The van der Waals surface area contributed by atoms with Gasteiger partial charge in [0.1, 0.15) is 12.7 Å². The number of carbonyl (C=O) groups is 2. The highest BCUT2D eigenvalue weighted by Gasteiger charge is 2.26. The van der Waals surface area contributed by atoms with Crippen molar-refractivity contribution in [1.82, 2.24) is 0 Å². The van der Waals surface area contributed by atoms with Gasteiger partial charge in [0, 0.05) is 12.0 Å². The molecule has 1 aromatic rings. The minimum atomic E-state index is -0.900. The molecule has 1 aromatic carbocycles. The van der Waals surface area contributed by atoms with Crippen LogP contribution in [0, 0.1) is 10.1 Å². The van der Waals surface area contributed by atoms with Gasteiger partial charge in [-0.15, -0.1) is 10.1 Å². The van der Waals surface area contributed by atoms with Crippen molar-refractivity contribution in [1.29, 1.82) is 0 Å². The zero-order valence-electron chi connectivity index (χ0n) is 14.0. The summed E-state index contributed by atoms with van der Waals surface area (Å²) in [6, 6.07) is 3.21. The van der Waals surface area contributed by atoms with Crippen LogP contribution in [-0.4, -0.2) is 43.1 Å². The lowest BCUT2D eigenvalue weighted by Gasteiger charge is -2.23. The van der Waals surface area contributed by atoms with Crippen LogP contribution in [0.2, 0.25) is 0 Å². The number of hydrogen-bond acceptors (Lipinski definition) is 8. The summed E-state index contributed by atoms with van der Waals surface area (Å²) in [5, 5.41) is 9.11. The molecule has 2 rings (SSSR count). The number of Topliss-reactive ketones (excluding diaryl/α,β-unsaturated/α-hetero) is 2. The van der Waals surface area contributed by atoms with Crippen molar-refractivity contribution >= 4 is 11.6 Å². The van der Waals surface area contributed by atoms with Gasteiger partial charge in [-0.3, -0.25) is 9.59 Å². The van der Waals surface area contributed by atoms with Gasteiger partial charge in [0.05, 0.1) is 20.3 Å². The van der Waals surface area contributed by atoms with Crippen LogP contribution in [0.3, 0.4) is 0 Å². The summed E-state index contributed by atoms with van der Waals surface area (Å²) in [7, 11) is 1.44. The summed E-state index contributed by atoms with van der Waals surface area (Å²) < 4.78 is 16.1. The van der Waals surface area contributed by atoms with E-state index in [4.69, 9.17) is 14.2 Å². The van der Waals surface area contributed by atoms with E-state index in [0.717, 1.165) is 0 Å². The molecular formula is C16H19NO8. The molecule has 0 amide bonds. The molecule has 0 fully saturated rings. The lowest BCUT2D eigenvalue weighted by Crippen LogP contribution is -2.27. The van der Waals surface area contributed by atoms with Crippen LogP contribution in [0.1, 0.15) is 35.7 Å². The van der Waals surface area contributed by atoms with Crippen molar-refractivity contribution < 1.29 is 33.7 Å². The highest BCUT2D eigenvalue weighted by Crippen LogP contribution is 2.34. The first-order valence-electron chi connectivity index (χ1n) is 7.71. The van der Waals surface area contributed by atoms with Crippen LogP contribution in [0.5, 0.6) is 11.5 Å². The van der Waals surface area contributed by atoms with Crippen LogP contribution >= 0.6 is 0 Å². The molecule has 0 aromatic heterocycles. The SMILES string of the molecule is COc1cc2c(cc1OCC(=O)CCCO[N+](=O)[O-])COC(C)C2=O. The normalized spacial score (nSPS) is 16.1. The number of benzene rings is 1. The van der Waals surface area contributed by atoms with E-state index >= 15 is 0 Å². The van der Waals surface area contributed by atoms with E-state index in [-0.39, 0.29) is 44.2 Å². The van der Waals surface area contributed by atoms with Gasteiger partial charge in [0.25, 0.3) is 5.09 Å². The number of carbonyl (C=O) groups excluding carboxylic acids is 2. The standard InChI is InChI=1S/C16H19NO8/c1-10-16(19)13-7-14(22-2)15(6-11(13)8-23-10)24-9-12(18)4-3-5-25-17(20)21/h6-7,10H,3-5,8-9H2,1-2H3. The maximum atomic E-state index is 12.1. The number of methoxy groups -OCH3 is 1. The van der Waals surface area contributed by atoms with E-state index in [2.05, 4.69) is 4.84 Å². The molecule has 9 heteroatoms. The molecular weight excluding hydrogens is 334 g/mol. The summed E-state index contributed by atoms with van der Waals surface area (Å²) in [6.07, 6.45) is -0.183. The number of ketones is 2. The van der Waals surface area contributed by atoms with E-state index in [9.17, 15) is 19.7 Å². The monoisotopic (exact) mass is 353 g/mol. The van der Waals surface area contributed by atoms with E-state index < -0.39 is 11.2 Å². The Kier molecular flexibility index (Phi) is 6.29. The topological polar surface area (TPSA) is 114 Å². The van der Waals surface area contributed by atoms with Crippen molar-refractivity contribution in [2.45, 2.75) is 32.5 Å². The number of ether oxygens (including phenoxy) is 3. The zero-order valence-corrected chi connectivity index (χ0v) is 14.0. The Morgan fingerprint density at radius 3 is 2.84 bits per heavy atom. The Morgan fingerprint density at radius 1 is 1.40 bits per heavy atom. The molecule has 0 spiro atoms. The fourth-order valence-electron chi connectivity index (χ4n) is 2.37. The Balaban J connectivity index is 1.96. The molecule has 25 heavy (non-hydrogen) atoms. The molecule has 0 aliphatic carbocycles. The van der Waals surface area contributed by atoms with Crippen molar-refractivity contribution in [3.8, 4) is 11.5 Å². The van der Waals surface area contributed by atoms with Crippen molar-refractivity contribution in [3.05, 3.63) is 33.4 Å². The van der Waals surface area contributed by atoms with Crippen LogP contribution in [-0.2, 0) is 21.0 Å². The lowest BCUT2D eigenvalue weighted by molar-refractivity contribution is -0.757. The minimum absolute atomic E-state index is 0.0974. The lowest BCUT2D eigenvalue weighted by atomic mass is 9.97. The van der Waals surface area contributed by atoms with E-state index in [1.807, 2.05) is 0 Å². The molecule has 0 N–H and O–H groups in total. The van der Waals surface area contributed by atoms with Gasteiger partial charge in [-0.1, -0.05) is 0 Å². The highest BCUT2D eigenvalue weighted by molar-refractivity contribution is 6.01. The molecule has 1 atom stereocenters. The molecule has 1 aliphatic rings. The first kappa shape index (κ1) is 18.7. The Hall–Kier alpha value is -2.68. The quantitative estimate of drug-likeness (QED) is 0.374. The second-order valence-electron chi connectivity index (χ2n) is 5.47. The Labute approximate surface area is 143 Å². The summed E-state index contributed by atoms with van der Waals surface area (Å²) in [5.41, 5.74) is 1.19. The van der Waals surface area contributed by atoms with Crippen LogP contribution in [0.25, 0.3) is 0 Å². The van der Waals surface area contributed by atoms with Gasteiger partial charge in [-0.05, 0) is 31.0 Å². The predicted octanol–water partition coefficient (Wildman–Crippen LogP) is 1.73. The second kappa shape index (κ2) is 8.43. The zero-order chi connectivity index (χ0) is 18.4. The molecule has 1 unspecified atom stereocenters. The maximum absolute atomic E-state index is 12.1. The van der Waals surface area contributed by atoms with Crippen LogP contribution in [0.15, 0.2) is 12.1 Å². The van der Waals surface area contributed by atoms with E-state index in [1.165, 1.54) is 7.11 Å². The molecule has 9 nitrogen and oxygen atoms in total. The third kappa shape index (κ3) is 4.90. The largest absolute Gasteiger partial charge is 0.493 e. The molecule has 136 valence electrons. The van der Waals surface area contributed by atoms with Gasteiger partial charge in [0.15, 0.2) is 23.1 Å². The van der Waals surface area contributed by atoms with Gasteiger partial charge in [-0.2, -0.15) is 0 Å². The van der Waals surface area contributed by atoms with Crippen molar-refractivity contribution in [3.63, 3.8) is 0 Å². The average Bonchev–Trinajstić information content (AvgIpc) is 2.59. The third-order valence-corrected chi connectivity index (χ3v) is 3.70. The van der Waals surface area contributed by atoms with Crippen LogP contribution < -0.4 is 9.47 Å². The summed E-state index contributed by atoms with van der Waals surface area (Å²) >= 11 is 0.